The van der Waals surface area contributed by atoms with Gasteiger partial charge in [-0.15, -0.1) is 10.2 Å². The summed E-state index contributed by atoms with van der Waals surface area (Å²) in [5.74, 6) is 1.00. The lowest BCUT2D eigenvalue weighted by Crippen LogP contribution is -2.22. The molecule has 28 heavy (non-hydrogen) atoms. The van der Waals surface area contributed by atoms with Gasteiger partial charge in [-0.3, -0.25) is 0 Å². The number of sulfonamides is 1. The zero-order valence-corrected chi connectivity index (χ0v) is 17.7. The molecule has 0 bridgehead atoms. The van der Waals surface area contributed by atoms with Gasteiger partial charge in [-0.2, -0.15) is 0 Å². The largest absolute Gasteiger partial charge is 0.495 e. The summed E-state index contributed by atoms with van der Waals surface area (Å²) in [7, 11) is 0.906. The van der Waals surface area contributed by atoms with Crippen molar-refractivity contribution in [2.24, 2.45) is 0 Å². The minimum absolute atomic E-state index is 0.143. The van der Waals surface area contributed by atoms with E-state index in [4.69, 9.17) is 27.9 Å². The topological polar surface area (TPSA) is 84.4 Å². The van der Waals surface area contributed by atoms with Crippen LogP contribution in [0.5, 0.6) is 5.75 Å². The Labute approximate surface area is 173 Å². The van der Waals surface area contributed by atoms with Crippen LogP contribution in [0.15, 0.2) is 41.3 Å². The highest BCUT2D eigenvalue weighted by atomic mass is 35.5. The number of halogens is 2. The number of ether oxygens (including phenoxy) is 1. The van der Waals surface area contributed by atoms with Gasteiger partial charge in [-0.25, -0.2) is 12.7 Å². The Morgan fingerprint density at radius 2 is 1.82 bits per heavy atom. The number of hydrogen-bond donors (Lipinski definition) is 1. The quantitative estimate of drug-likeness (QED) is 0.627. The van der Waals surface area contributed by atoms with Crippen LogP contribution in [0.4, 0.5) is 5.82 Å². The van der Waals surface area contributed by atoms with E-state index in [0.717, 1.165) is 9.87 Å². The highest BCUT2D eigenvalue weighted by molar-refractivity contribution is 7.89. The molecule has 0 aliphatic heterocycles. The molecule has 0 spiro atoms. The van der Waals surface area contributed by atoms with Crippen molar-refractivity contribution in [3.63, 3.8) is 0 Å². The number of aromatic nitrogens is 2. The highest BCUT2D eigenvalue weighted by Crippen LogP contribution is 2.30. The van der Waals surface area contributed by atoms with Crippen LogP contribution in [-0.4, -0.2) is 44.1 Å². The fourth-order valence-electron chi connectivity index (χ4n) is 2.61. The van der Waals surface area contributed by atoms with E-state index in [1.807, 2.05) is 6.07 Å². The summed E-state index contributed by atoms with van der Waals surface area (Å²) >= 11 is 12.3. The van der Waals surface area contributed by atoms with Crippen molar-refractivity contribution in [1.29, 1.82) is 0 Å². The monoisotopic (exact) mass is 440 g/mol. The number of anilines is 1. The molecule has 0 aliphatic carbocycles. The molecule has 2 aromatic carbocycles. The molecular formula is C18H18Cl2N4O3S. The Balaban J connectivity index is 1.98. The predicted octanol–water partition coefficient (Wildman–Crippen LogP) is 3.81. The average Bonchev–Trinajstić information content (AvgIpc) is 2.67. The Morgan fingerprint density at radius 3 is 2.46 bits per heavy atom. The van der Waals surface area contributed by atoms with E-state index in [9.17, 15) is 8.42 Å². The average molecular weight is 441 g/mol. The summed E-state index contributed by atoms with van der Waals surface area (Å²) in [4.78, 5) is 0.143. The fourth-order valence-corrected chi connectivity index (χ4v) is 4.02. The van der Waals surface area contributed by atoms with Crippen LogP contribution in [0, 0.1) is 0 Å². The molecule has 0 radical (unpaired) electrons. The maximum absolute atomic E-state index is 12.5. The molecule has 0 fully saturated rings. The minimum atomic E-state index is -3.60. The molecule has 0 amide bonds. The van der Waals surface area contributed by atoms with E-state index in [-0.39, 0.29) is 10.0 Å². The van der Waals surface area contributed by atoms with Gasteiger partial charge >= 0.3 is 0 Å². The van der Waals surface area contributed by atoms with Crippen molar-refractivity contribution < 1.29 is 13.2 Å². The number of nitrogens with one attached hydrogen (secondary N) is 1. The van der Waals surface area contributed by atoms with Gasteiger partial charge in [0.25, 0.3) is 0 Å². The molecule has 3 aromatic rings. The third kappa shape index (κ3) is 4.00. The lowest BCUT2D eigenvalue weighted by molar-refractivity contribution is 0.415. The van der Waals surface area contributed by atoms with Gasteiger partial charge in [-0.05, 0) is 35.9 Å². The van der Waals surface area contributed by atoms with E-state index < -0.39 is 10.0 Å². The molecule has 7 nitrogen and oxygen atoms in total. The molecule has 0 saturated carbocycles. The summed E-state index contributed by atoms with van der Waals surface area (Å²) in [6.45, 7) is 0.403. The maximum atomic E-state index is 12.5. The standard InChI is InChI=1S/C18H18Cl2N4O3S/c1-24(2)28(25,26)12-5-6-13-14(9-12)18(23-22-17(13)20)21-10-11-4-7-16(27-3)15(19)8-11/h4-9H,10H2,1-3H3,(H,21,23). The summed E-state index contributed by atoms with van der Waals surface area (Å²) in [6, 6.07) is 10.1. The Bertz CT molecular complexity index is 1140. The zero-order valence-electron chi connectivity index (χ0n) is 15.4. The van der Waals surface area contributed by atoms with Crippen LogP contribution < -0.4 is 10.1 Å². The first-order valence-corrected chi connectivity index (χ1v) is 10.4. The summed E-state index contributed by atoms with van der Waals surface area (Å²) in [5.41, 5.74) is 0.896. The number of hydrogen-bond acceptors (Lipinski definition) is 6. The molecular weight excluding hydrogens is 423 g/mol. The van der Waals surface area contributed by atoms with Crippen LogP contribution in [-0.2, 0) is 16.6 Å². The van der Waals surface area contributed by atoms with E-state index in [1.165, 1.54) is 26.2 Å². The molecule has 148 valence electrons. The molecule has 10 heteroatoms. The van der Waals surface area contributed by atoms with Gasteiger partial charge in [0.05, 0.1) is 17.0 Å². The van der Waals surface area contributed by atoms with E-state index >= 15 is 0 Å². The van der Waals surface area contributed by atoms with Crippen molar-refractivity contribution >= 4 is 49.8 Å². The Hall–Kier alpha value is -2.13. The van der Waals surface area contributed by atoms with Gasteiger partial charge in [0.1, 0.15) is 5.75 Å². The normalized spacial score (nSPS) is 11.8. The second kappa shape index (κ2) is 8.08. The molecule has 0 aliphatic rings. The van der Waals surface area contributed by atoms with Crippen LogP contribution in [0.3, 0.4) is 0 Å². The third-order valence-electron chi connectivity index (χ3n) is 4.16. The SMILES string of the molecule is COc1ccc(CNc2nnc(Cl)c3ccc(S(=O)(=O)N(C)C)cc23)cc1Cl. The van der Waals surface area contributed by atoms with Gasteiger partial charge < -0.3 is 10.1 Å². The smallest absolute Gasteiger partial charge is 0.242 e. The van der Waals surface area contributed by atoms with Crippen molar-refractivity contribution in [1.82, 2.24) is 14.5 Å². The molecule has 1 aromatic heterocycles. The summed E-state index contributed by atoms with van der Waals surface area (Å²) in [6.07, 6.45) is 0. The van der Waals surface area contributed by atoms with Crippen molar-refractivity contribution in [2.45, 2.75) is 11.4 Å². The lowest BCUT2D eigenvalue weighted by atomic mass is 10.1. The van der Waals surface area contributed by atoms with Crippen LogP contribution in [0.25, 0.3) is 10.8 Å². The van der Waals surface area contributed by atoms with Crippen molar-refractivity contribution in [2.75, 3.05) is 26.5 Å². The molecule has 1 heterocycles. The summed E-state index contributed by atoms with van der Waals surface area (Å²) in [5, 5.41) is 13.0. The van der Waals surface area contributed by atoms with E-state index in [1.54, 1.807) is 25.3 Å². The summed E-state index contributed by atoms with van der Waals surface area (Å²) < 4.78 is 31.2. The molecule has 0 saturated heterocycles. The number of rotatable bonds is 6. The fraction of sp³-hybridized carbons (Fsp3) is 0.222. The number of fused-ring (bicyclic) bond motifs is 1. The van der Waals surface area contributed by atoms with Gasteiger partial charge in [0.2, 0.25) is 10.0 Å². The second-order valence-electron chi connectivity index (χ2n) is 6.16. The predicted molar refractivity (Wildman–Crippen MR) is 111 cm³/mol. The van der Waals surface area contributed by atoms with Gasteiger partial charge in [0.15, 0.2) is 11.0 Å². The van der Waals surface area contributed by atoms with Crippen molar-refractivity contribution in [3.8, 4) is 5.75 Å². The number of benzene rings is 2. The van der Waals surface area contributed by atoms with Crippen LogP contribution in [0.1, 0.15) is 5.56 Å². The van der Waals surface area contributed by atoms with Crippen LogP contribution in [0.2, 0.25) is 10.2 Å². The molecule has 3 rings (SSSR count). The first kappa shape index (κ1) is 20.6. The minimum Gasteiger partial charge on any atom is -0.495 e. The molecule has 1 N–H and O–H groups in total. The first-order chi connectivity index (χ1) is 13.2. The van der Waals surface area contributed by atoms with Crippen LogP contribution >= 0.6 is 23.2 Å². The molecule has 0 unspecified atom stereocenters. The van der Waals surface area contributed by atoms with Gasteiger partial charge in [-0.1, -0.05) is 29.3 Å². The Morgan fingerprint density at radius 1 is 1.07 bits per heavy atom. The maximum Gasteiger partial charge on any atom is 0.242 e. The highest BCUT2D eigenvalue weighted by Gasteiger charge is 2.19. The first-order valence-electron chi connectivity index (χ1n) is 8.19. The van der Waals surface area contributed by atoms with E-state index in [0.29, 0.717) is 33.9 Å². The zero-order chi connectivity index (χ0) is 20.5. The second-order valence-corrected chi connectivity index (χ2v) is 9.07. The third-order valence-corrected chi connectivity index (χ3v) is 6.55. The van der Waals surface area contributed by atoms with Gasteiger partial charge in [0, 0.05) is 31.4 Å². The lowest BCUT2D eigenvalue weighted by Gasteiger charge is -2.14. The molecule has 0 atom stereocenters. The number of methoxy groups -OCH3 is 1. The Kier molecular flexibility index (Phi) is 5.95. The van der Waals surface area contributed by atoms with E-state index in [2.05, 4.69) is 15.5 Å². The number of nitrogens with zero attached hydrogens (tertiary/aromatic N) is 3. The van der Waals surface area contributed by atoms with Crippen molar-refractivity contribution in [3.05, 3.63) is 52.1 Å².